The minimum Gasteiger partial charge on any atom is -0.488 e. The number of piperidine rings is 1. The number of amides is 1. The average molecular weight is 487 g/mol. The van der Waals surface area contributed by atoms with Crippen molar-refractivity contribution in [2.24, 2.45) is 5.92 Å². The van der Waals surface area contributed by atoms with Crippen LogP contribution in [0, 0.1) is 12.8 Å². The molecule has 35 heavy (non-hydrogen) atoms. The van der Waals surface area contributed by atoms with Gasteiger partial charge in [-0.1, -0.05) is 31.2 Å². The summed E-state index contributed by atoms with van der Waals surface area (Å²) >= 11 is 1.72. The van der Waals surface area contributed by atoms with Gasteiger partial charge in [0, 0.05) is 29.6 Å². The second-order valence-corrected chi connectivity index (χ2v) is 10.8. The van der Waals surface area contributed by atoms with E-state index >= 15 is 0 Å². The second-order valence-electron chi connectivity index (χ2n) is 9.93. The topological polar surface area (TPSA) is 42.4 Å². The van der Waals surface area contributed by atoms with Gasteiger partial charge in [0.15, 0.2) is 0 Å². The van der Waals surface area contributed by atoms with Crippen molar-refractivity contribution in [3.63, 3.8) is 0 Å². The van der Waals surface area contributed by atoms with E-state index in [0.717, 1.165) is 83.4 Å². The minimum atomic E-state index is 0.146. The van der Waals surface area contributed by atoms with Crippen LogP contribution in [0.2, 0.25) is 0 Å². The normalized spacial score (nSPS) is 18.3. The Bertz CT molecular complexity index is 1220. The number of carbonyl (C=O) groups excluding carboxylic acids is 1. The maximum absolute atomic E-state index is 12.9. The number of thiazole rings is 1. The van der Waals surface area contributed by atoms with Crippen LogP contribution in [0.4, 0.5) is 0 Å². The first kappa shape index (κ1) is 23.8. The molecule has 0 bridgehead atoms. The first-order valence-corrected chi connectivity index (χ1v) is 13.7. The highest BCUT2D eigenvalue weighted by atomic mass is 32.1. The minimum absolute atomic E-state index is 0.146. The van der Waals surface area contributed by atoms with Gasteiger partial charge in [-0.2, -0.15) is 0 Å². The zero-order valence-corrected chi connectivity index (χ0v) is 21.6. The lowest BCUT2D eigenvalue weighted by Gasteiger charge is -2.27. The number of hydrogen-bond acceptors (Lipinski definition) is 4. The number of carbonyl (C=O) groups is 1. The van der Waals surface area contributed by atoms with Gasteiger partial charge in [-0.05, 0) is 92.3 Å². The van der Waals surface area contributed by atoms with Crippen molar-refractivity contribution in [3.05, 3.63) is 75.6 Å². The molecule has 1 aliphatic heterocycles. The number of rotatable bonds is 6. The fraction of sp³-hybridized carbons (Fsp3) is 0.400. The van der Waals surface area contributed by atoms with Crippen molar-refractivity contribution in [2.45, 2.75) is 59.0 Å². The van der Waals surface area contributed by atoms with Gasteiger partial charge in [0.1, 0.15) is 17.4 Å². The van der Waals surface area contributed by atoms with Crippen molar-refractivity contribution in [1.82, 2.24) is 9.88 Å². The van der Waals surface area contributed by atoms with Crippen LogP contribution in [0.3, 0.4) is 0 Å². The monoisotopic (exact) mass is 486 g/mol. The van der Waals surface area contributed by atoms with Crippen LogP contribution in [0.15, 0.2) is 53.9 Å². The summed E-state index contributed by atoms with van der Waals surface area (Å²) < 4.78 is 6.30. The van der Waals surface area contributed by atoms with E-state index in [2.05, 4.69) is 31.4 Å². The number of aromatic nitrogens is 1. The van der Waals surface area contributed by atoms with E-state index in [9.17, 15) is 4.79 Å². The van der Waals surface area contributed by atoms with Crippen LogP contribution in [0.25, 0.3) is 16.8 Å². The molecule has 5 rings (SSSR count). The van der Waals surface area contributed by atoms with Gasteiger partial charge in [0.25, 0.3) is 5.91 Å². The maximum Gasteiger partial charge on any atom is 0.253 e. The highest BCUT2D eigenvalue weighted by Crippen LogP contribution is 2.36. The molecule has 0 spiro atoms. The van der Waals surface area contributed by atoms with E-state index < -0.39 is 0 Å². The number of benzene rings is 2. The van der Waals surface area contributed by atoms with E-state index in [1.54, 1.807) is 11.3 Å². The first-order valence-electron chi connectivity index (χ1n) is 12.8. The molecule has 1 aliphatic carbocycles. The Kier molecular flexibility index (Phi) is 7.33. The van der Waals surface area contributed by atoms with Crippen LogP contribution in [-0.4, -0.2) is 28.9 Å². The molecule has 182 valence electrons. The number of ether oxygens (including phenoxy) is 1. The Labute approximate surface area is 212 Å². The van der Waals surface area contributed by atoms with Crippen LogP contribution < -0.4 is 4.74 Å². The lowest BCUT2D eigenvalue weighted by molar-refractivity contribution is 0.0724. The summed E-state index contributed by atoms with van der Waals surface area (Å²) in [5.41, 5.74) is 6.33. The van der Waals surface area contributed by atoms with Gasteiger partial charge in [-0.15, -0.1) is 11.3 Å². The molecule has 1 fully saturated rings. The van der Waals surface area contributed by atoms with Gasteiger partial charge in [0.05, 0.1) is 5.69 Å². The number of para-hydroxylation sites is 1. The molecule has 1 amide bonds. The molecular weight excluding hydrogens is 452 g/mol. The summed E-state index contributed by atoms with van der Waals surface area (Å²) in [6.07, 6.45) is 9.29. The van der Waals surface area contributed by atoms with Crippen molar-refractivity contribution >= 4 is 22.8 Å². The summed E-state index contributed by atoms with van der Waals surface area (Å²) in [7, 11) is 0. The molecule has 1 aromatic heterocycles. The Hall–Kier alpha value is -2.92. The van der Waals surface area contributed by atoms with Crippen molar-refractivity contribution in [1.29, 1.82) is 0 Å². The molecular formula is C30H34N2O2S. The molecule has 2 heterocycles. The molecule has 2 aliphatic rings. The Morgan fingerprint density at radius 3 is 2.74 bits per heavy atom. The molecule has 1 atom stereocenters. The van der Waals surface area contributed by atoms with Crippen molar-refractivity contribution < 1.29 is 9.53 Å². The van der Waals surface area contributed by atoms with Gasteiger partial charge in [-0.25, -0.2) is 4.98 Å². The van der Waals surface area contributed by atoms with Crippen LogP contribution in [0.1, 0.15) is 71.9 Å². The molecule has 1 saturated heterocycles. The lowest BCUT2D eigenvalue weighted by atomic mass is 9.91. The van der Waals surface area contributed by atoms with E-state index in [1.165, 1.54) is 18.4 Å². The van der Waals surface area contributed by atoms with Crippen molar-refractivity contribution in [2.75, 3.05) is 13.1 Å². The van der Waals surface area contributed by atoms with Gasteiger partial charge in [0.2, 0.25) is 0 Å². The number of allylic oxidation sites excluding steroid dienone is 2. The predicted octanol–water partition coefficient (Wildman–Crippen LogP) is 7.53. The third-order valence-corrected chi connectivity index (χ3v) is 8.15. The van der Waals surface area contributed by atoms with E-state index in [1.807, 2.05) is 41.3 Å². The molecule has 0 radical (unpaired) electrons. The number of nitrogens with zero attached hydrogens (tertiary/aromatic N) is 2. The molecule has 2 aromatic carbocycles. The average Bonchev–Trinajstić information content (AvgIpc) is 3.39. The molecule has 3 aromatic rings. The number of likely N-dealkylation sites (tertiary alicyclic amines) is 1. The van der Waals surface area contributed by atoms with E-state index in [0.29, 0.717) is 6.61 Å². The first-order chi connectivity index (χ1) is 17.1. The SMILES string of the molecule is Cc1cc(C(=O)N2CCCCC2)ccc1COc1ccccc1-c1csc(C2=CCC(C)CC2)n1. The highest BCUT2D eigenvalue weighted by molar-refractivity contribution is 7.11. The van der Waals surface area contributed by atoms with E-state index in [4.69, 9.17) is 9.72 Å². The predicted molar refractivity (Wildman–Crippen MR) is 144 cm³/mol. The van der Waals surface area contributed by atoms with Crippen LogP contribution in [0.5, 0.6) is 5.75 Å². The fourth-order valence-corrected chi connectivity index (χ4v) is 5.83. The Balaban J connectivity index is 1.29. The second kappa shape index (κ2) is 10.8. The number of aryl methyl sites for hydroxylation is 1. The highest BCUT2D eigenvalue weighted by Gasteiger charge is 2.19. The summed E-state index contributed by atoms with van der Waals surface area (Å²) in [5, 5.41) is 3.27. The largest absolute Gasteiger partial charge is 0.488 e. The fourth-order valence-electron chi connectivity index (χ4n) is 4.93. The summed E-state index contributed by atoms with van der Waals surface area (Å²) in [6, 6.07) is 14.1. The van der Waals surface area contributed by atoms with Gasteiger partial charge >= 0.3 is 0 Å². The van der Waals surface area contributed by atoms with Crippen LogP contribution in [-0.2, 0) is 6.61 Å². The quantitative estimate of drug-likeness (QED) is 0.362. The lowest BCUT2D eigenvalue weighted by Crippen LogP contribution is -2.35. The number of hydrogen-bond donors (Lipinski definition) is 0. The molecule has 1 unspecified atom stereocenters. The zero-order valence-electron chi connectivity index (χ0n) is 20.8. The molecule has 0 N–H and O–H groups in total. The molecule has 4 nitrogen and oxygen atoms in total. The smallest absolute Gasteiger partial charge is 0.253 e. The van der Waals surface area contributed by atoms with Crippen molar-refractivity contribution in [3.8, 4) is 17.0 Å². The standard InChI is InChI=1S/C30H34N2O2S/c1-21-10-12-23(13-11-21)29-31-27(20-35-29)26-8-4-5-9-28(26)34-19-25-15-14-24(18-22(25)2)30(33)32-16-6-3-7-17-32/h4-5,8-9,12,14-15,18,20-21H,3,6-7,10-11,13,16-17,19H2,1-2H3. The van der Waals surface area contributed by atoms with Gasteiger partial charge in [-0.3, -0.25) is 4.79 Å². The summed E-state index contributed by atoms with van der Waals surface area (Å²) in [6.45, 7) is 6.57. The Morgan fingerprint density at radius 1 is 1.14 bits per heavy atom. The molecule has 0 saturated carbocycles. The zero-order chi connectivity index (χ0) is 24.2. The van der Waals surface area contributed by atoms with E-state index in [-0.39, 0.29) is 5.91 Å². The summed E-state index contributed by atoms with van der Waals surface area (Å²) in [4.78, 5) is 19.8. The Morgan fingerprint density at radius 2 is 1.97 bits per heavy atom. The molecule has 5 heteroatoms. The van der Waals surface area contributed by atoms with Crippen LogP contribution >= 0.6 is 11.3 Å². The third kappa shape index (κ3) is 5.51. The summed E-state index contributed by atoms with van der Waals surface area (Å²) in [5.74, 6) is 1.75. The maximum atomic E-state index is 12.9. The van der Waals surface area contributed by atoms with Gasteiger partial charge < -0.3 is 9.64 Å². The third-order valence-electron chi connectivity index (χ3n) is 7.23.